The molecule has 0 heterocycles. The minimum atomic E-state index is 0.641. The van der Waals surface area contributed by atoms with Crippen molar-refractivity contribution >= 4 is 11.8 Å². The third-order valence-corrected chi connectivity index (χ3v) is 2.49. The molecule has 0 bridgehead atoms. The first kappa shape index (κ1) is 12.6. The third kappa shape index (κ3) is 4.37. The second-order valence-corrected chi connectivity index (χ2v) is 3.81. The van der Waals surface area contributed by atoms with E-state index in [2.05, 4.69) is 44.4 Å². The molecule has 0 amide bonds. The number of rotatable bonds is 2. The molecular formula is C12H20S. The van der Waals surface area contributed by atoms with Crippen LogP contribution in [-0.4, -0.2) is 6.26 Å². The van der Waals surface area contributed by atoms with Crippen LogP contribution < -0.4 is 0 Å². The van der Waals surface area contributed by atoms with Crippen molar-refractivity contribution in [3.05, 3.63) is 29.8 Å². The molecule has 1 aromatic rings. The van der Waals surface area contributed by atoms with Crippen molar-refractivity contribution in [2.45, 2.75) is 38.5 Å². The molecule has 13 heavy (non-hydrogen) atoms. The van der Waals surface area contributed by atoms with E-state index < -0.39 is 0 Å². The molecule has 1 rings (SSSR count). The summed E-state index contributed by atoms with van der Waals surface area (Å²) in [4.78, 5) is 1.36. The Balaban J connectivity index is 0.000000671. The lowest BCUT2D eigenvalue weighted by molar-refractivity contribution is 0.862. The predicted molar refractivity (Wildman–Crippen MR) is 63.7 cm³/mol. The molecule has 0 fully saturated rings. The molecule has 0 nitrogen and oxygen atoms in total. The Morgan fingerprint density at radius 3 is 2.23 bits per heavy atom. The minimum Gasteiger partial charge on any atom is -0.130 e. The molecule has 0 N–H and O–H groups in total. The molecule has 1 aromatic carbocycles. The molecule has 0 saturated carbocycles. The van der Waals surface area contributed by atoms with E-state index in [4.69, 9.17) is 0 Å². The highest BCUT2D eigenvalue weighted by Crippen LogP contribution is 2.20. The highest BCUT2D eigenvalue weighted by Gasteiger charge is 1.98. The van der Waals surface area contributed by atoms with Gasteiger partial charge < -0.3 is 0 Å². The van der Waals surface area contributed by atoms with E-state index in [1.165, 1.54) is 10.5 Å². The second-order valence-electron chi connectivity index (χ2n) is 2.93. The van der Waals surface area contributed by atoms with Crippen LogP contribution in [0.25, 0.3) is 0 Å². The van der Waals surface area contributed by atoms with Gasteiger partial charge in [0.2, 0.25) is 0 Å². The zero-order valence-corrected chi connectivity index (χ0v) is 10.1. The van der Waals surface area contributed by atoms with Crippen molar-refractivity contribution in [2.75, 3.05) is 6.26 Å². The van der Waals surface area contributed by atoms with Crippen molar-refractivity contribution < 1.29 is 0 Å². The SMILES string of the molecule is CC.CSc1cccc(C(C)C)c1. The first-order valence-electron chi connectivity index (χ1n) is 4.88. The average Bonchev–Trinajstić information content (AvgIpc) is 2.21. The van der Waals surface area contributed by atoms with Gasteiger partial charge >= 0.3 is 0 Å². The van der Waals surface area contributed by atoms with Gasteiger partial charge in [0.25, 0.3) is 0 Å². The summed E-state index contributed by atoms with van der Waals surface area (Å²) in [7, 11) is 0. The molecule has 0 spiro atoms. The summed E-state index contributed by atoms with van der Waals surface area (Å²) in [5.41, 5.74) is 1.43. The van der Waals surface area contributed by atoms with Crippen molar-refractivity contribution in [2.24, 2.45) is 0 Å². The lowest BCUT2D eigenvalue weighted by Crippen LogP contribution is -1.85. The lowest BCUT2D eigenvalue weighted by atomic mass is 10.0. The van der Waals surface area contributed by atoms with Crippen LogP contribution >= 0.6 is 11.8 Å². The summed E-state index contributed by atoms with van der Waals surface area (Å²) in [5.74, 6) is 0.641. The topological polar surface area (TPSA) is 0 Å². The van der Waals surface area contributed by atoms with Crippen LogP contribution in [0.3, 0.4) is 0 Å². The Labute approximate surface area is 86.7 Å². The highest BCUT2D eigenvalue weighted by molar-refractivity contribution is 7.98. The van der Waals surface area contributed by atoms with Gasteiger partial charge in [-0.05, 0) is 29.9 Å². The van der Waals surface area contributed by atoms with Crippen LogP contribution in [0.1, 0.15) is 39.2 Å². The molecule has 0 aliphatic rings. The van der Waals surface area contributed by atoms with E-state index in [1.54, 1.807) is 11.8 Å². The van der Waals surface area contributed by atoms with Crippen molar-refractivity contribution in [1.29, 1.82) is 0 Å². The van der Waals surface area contributed by atoms with Gasteiger partial charge in [0.15, 0.2) is 0 Å². The van der Waals surface area contributed by atoms with Crippen LogP contribution in [0.5, 0.6) is 0 Å². The average molecular weight is 196 g/mol. The van der Waals surface area contributed by atoms with Gasteiger partial charge in [0.1, 0.15) is 0 Å². The van der Waals surface area contributed by atoms with E-state index in [9.17, 15) is 0 Å². The predicted octanol–water partition coefficient (Wildman–Crippen LogP) is 4.56. The van der Waals surface area contributed by atoms with E-state index in [0.717, 1.165) is 0 Å². The Hall–Kier alpha value is -0.430. The Kier molecular flexibility index (Phi) is 6.79. The maximum atomic E-state index is 2.26. The largest absolute Gasteiger partial charge is 0.130 e. The van der Waals surface area contributed by atoms with Crippen molar-refractivity contribution in [3.63, 3.8) is 0 Å². The summed E-state index contributed by atoms with van der Waals surface area (Å²) in [6, 6.07) is 8.72. The van der Waals surface area contributed by atoms with Gasteiger partial charge in [-0.2, -0.15) is 0 Å². The zero-order chi connectivity index (χ0) is 10.3. The fourth-order valence-electron chi connectivity index (χ4n) is 1.00. The van der Waals surface area contributed by atoms with Crippen LogP contribution in [0.2, 0.25) is 0 Å². The van der Waals surface area contributed by atoms with Crippen LogP contribution in [0.4, 0.5) is 0 Å². The van der Waals surface area contributed by atoms with E-state index in [1.807, 2.05) is 13.8 Å². The van der Waals surface area contributed by atoms with E-state index >= 15 is 0 Å². The Bertz CT molecular complexity index is 228. The molecular weight excluding hydrogens is 176 g/mol. The fraction of sp³-hybridized carbons (Fsp3) is 0.500. The quantitative estimate of drug-likeness (QED) is 0.625. The van der Waals surface area contributed by atoms with Crippen LogP contribution in [0.15, 0.2) is 29.2 Å². The van der Waals surface area contributed by atoms with E-state index in [0.29, 0.717) is 5.92 Å². The summed E-state index contributed by atoms with van der Waals surface area (Å²) in [6.07, 6.45) is 2.11. The molecule has 0 aliphatic heterocycles. The molecule has 0 radical (unpaired) electrons. The first-order chi connectivity index (χ1) is 6.24. The highest BCUT2D eigenvalue weighted by atomic mass is 32.2. The number of hydrogen-bond acceptors (Lipinski definition) is 1. The fourth-order valence-corrected chi connectivity index (χ4v) is 1.47. The molecule has 1 heteroatoms. The van der Waals surface area contributed by atoms with Gasteiger partial charge in [0.05, 0.1) is 0 Å². The van der Waals surface area contributed by atoms with Crippen LogP contribution in [0, 0.1) is 0 Å². The summed E-state index contributed by atoms with van der Waals surface area (Å²) < 4.78 is 0. The van der Waals surface area contributed by atoms with Gasteiger partial charge in [-0.1, -0.05) is 39.8 Å². The van der Waals surface area contributed by atoms with Gasteiger partial charge in [-0.3, -0.25) is 0 Å². The number of hydrogen-bond donors (Lipinski definition) is 0. The monoisotopic (exact) mass is 196 g/mol. The summed E-state index contributed by atoms with van der Waals surface area (Å²) in [5, 5.41) is 0. The summed E-state index contributed by atoms with van der Waals surface area (Å²) in [6.45, 7) is 8.44. The minimum absolute atomic E-state index is 0.641. The first-order valence-corrected chi connectivity index (χ1v) is 6.10. The molecule has 0 unspecified atom stereocenters. The molecule has 0 aliphatic carbocycles. The maximum Gasteiger partial charge on any atom is 0.00719 e. The number of thioether (sulfide) groups is 1. The van der Waals surface area contributed by atoms with Crippen molar-refractivity contribution in [3.8, 4) is 0 Å². The third-order valence-electron chi connectivity index (χ3n) is 1.76. The molecule has 0 saturated heterocycles. The Morgan fingerprint density at radius 2 is 1.77 bits per heavy atom. The lowest BCUT2D eigenvalue weighted by Gasteiger charge is -2.05. The van der Waals surface area contributed by atoms with E-state index in [-0.39, 0.29) is 0 Å². The van der Waals surface area contributed by atoms with Gasteiger partial charge in [-0.25, -0.2) is 0 Å². The normalized spacial score (nSPS) is 9.38. The smallest absolute Gasteiger partial charge is 0.00719 e. The maximum absolute atomic E-state index is 2.26. The van der Waals surface area contributed by atoms with Crippen LogP contribution in [-0.2, 0) is 0 Å². The van der Waals surface area contributed by atoms with Gasteiger partial charge in [-0.15, -0.1) is 11.8 Å². The molecule has 0 aromatic heterocycles. The molecule has 0 atom stereocenters. The second kappa shape index (κ2) is 7.02. The summed E-state index contributed by atoms with van der Waals surface area (Å²) >= 11 is 1.80. The standard InChI is InChI=1S/C10H14S.C2H6/c1-8(2)9-5-4-6-10(7-9)11-3;1-2/h4-8H,1-3H3;1-2H3. The number of benzene rings is 1. The Morgan fingerprint density at radius 1 is 1.15 bits per heavy atom. The van der Waals surface area contributed by atoms with Crippen molar-refractivity contribution in [1.82, 2.24) is 0 Å². The zero-order valence-electron chi connectivity index (χ0n) is 9.29. The molecule has 74 valence electrons. The van der Waals surface area contributed by atoms with Gasteiger partial charge in [0, 0.05) is 4.90 Å².